The second-order valence-corrected chi connectivity index (χ2v) is 9.40. The molecule has 1 aromatic heterocycles. The molecule has 3 N–H and O–H groups in total. The number of sulfonamides is 1. The van der Waals surface area contributed by atoms with Crippen molar-refractivity contribution in [3.63, 3.8) is 0 Å². The van der Waals surface area contributed by atoms with E-state index in [0.717, 1.165) is 23.9 Å². The Labute approximate surface area is 175 Å². The van der Waals surface area contributed by atoms with Crippen LogP contribution in [0.4, 0.5) is 0 Å². The first-order valence-electron chi connectivity index (χ1n) is 9.53. The summed E-state index contributed by atoms with van der Waals surface area (Å²) in [6.45, 7) is 1.71. The molecule has 0 saturated carbocycles. The van der Waals surface area contributed by atoms with E-state index in [4.69, 9.17) is 16.3 Å². The Bertz CT molecular complexity index is 1080. The molecule has 6 nitrogen and oxygen atoms in total. The lowest BCUT2D eigenvalue weighted by Crippen LogP contribution is -2.88. The maximum atomic E-state index is 12.8. The molecule has 2 aromatic carbocycles. The summed E-state index contributed by atoms with van der Waals surface area (Å²) in [4.78, 5) is 4.34. The lowest BCUT2D eigenvalue weighted by atomic mass is 10.2. The molecule has 3 aromatic rings. The van der Waals surface area contributed by atoms with E-state index < -0.39 is 10.0 Å². The van der Waals surface area contributed by atoms with E-state index in [1.54, 1.807) is 30.6 Å². The highest BCUT2D eigenvalue weighted by molar-refractivity contribution is 7.89. The number of fused-ring (bicyclic) bond motifs is 1. The summed E-state index contributed by atoms with van der Waals surface area (Å²) in [5, 5.41) is 4.33. The van der Waals surface area contributed by atoms with E-state index in [9.17, 15) is 8.42 Å². The van der Waals surface area contributed by atoms with Gasteiger partial charge in [-0.2, -0.15) is 0 Å². The number of hydrogen-bond donors (Lipinski definition) is 2. The number of hydrogen-bond acceptors (Lipinski definition) is 4. The fourth-order valence-corrected chi connectivity index (χ4v) is 5.04. The fraction of sp³-hybridized carbons (Fsp3) is 0.286. The van der Waals surface area contributed by atoms with Gasteiger partial charge in [0.2, 0.25) is 10.0 Å². The molecule has 0 bridgehead atoms. The van der Waals surface area contributed by atoms with Crippen LogP contribution in [0.15, 0.2) is 65.8 Å². The van der Waals surface area contributed by atoms with E-state index in [1.807, 2.05) is 30.3 Å². The zero-order chi connectivity index (χ0) is 20.3. The lowest BCUT2D eigenvalue weighted by molar-refractivity contribution is -0.670. The van der Waals surface area contributed by atoms with Crippen LogP contribution in [0.5, 0.6) is 0 Å². The summed E-state index contributed by atoms with van der Waals surface area (Å²) >= 11 is 5.90. The summed E-state index contributed by atoms with van der Waals surface area (Å²) in [7, 11) is -3.60. The molecule has 29 heavy (non-hydrogen) atoms. The molecule has 0 amide bonds. The molecular weight excluding hydrogens is 410 g/mol. The summed E-state index contributed by atoms with van der Waals surface area (Å²) in [6.07, 6.45) is 4.18. The van der Waals surface area contributed by atoms with Gasteiger partial charge in [0, 0.05) is 34.6 Å². The van der Waals surface area contributed by atoms with Crippen molar-refractivity contribution in [3.05, 3.63) is 71.5 Å². The average molecular weight is 433 g/mol. The van der Waals surface area contributed by atoms with Crippen molar-refractivity contribution < 1.29 is 18.5 Å². The van der Waals surface area contributed by atoms with Crippen molar-refractivity contribution in [2.24, 2.45) is 0 Å². The van der Waals surface area contributed by atoms with Crippen molar-refractivity contribution in [3.8, 4) is 0 Å². The van der Waals surface area contributed by atoms with Crippen LogP contribution in [0.2, 0.25) is 5.02 Å². The van der Waals surface area contributed by atoms with Gasteiger partial charge < -0.3 is 10.1 Å². The molecule has 4 rings (SSSR count). The minimum Gasteiger partial charge on any atom is -0.367 e. The maximum Gasteiger partial charge on any atom is 0.241 e. The highest BCUT2D eigenvalue weighted by atomic mass is 35.5. The monoisotopic (exact) mass is 432 g/mol. The number of nitrogens with two attached hydrogens (primary N) is 1. The van der Waals surface area contributed by atoms with E-state index in [1.165, 1.54) is 0 Å². The number of quaternary nitrogens is 1. The van der Waals surface area contributed by atoms with Crippen LogP contribution in [0, 0.1) is 0 Å². The second-order valence-electron chi connectivity index (χ2n) is 7.23. The highest BCUT2D eigenvalue weighted by Gasteiger charge is 2.30. The zero-order valence-corrected chi connectivity index (χ0v) is 17.4. The van der Waals surface area contributed by atoms with E-state index >= 15 is 0 Å². The largest absolute Gasteiger partial charge is 0.367 e. The van der Waals surface area contributed by atoms with Crippen LogP contribution in [-0.2, 0) is 21.4 Å². The SMILES string of the molecule is O=S(=O)(NC[C@@H]1C[C@@H](OCc2ccc(Cl)cc2)C[NH2+]1)c1cccc2cnccc12. The Morgan fingerprint density at radius 3 is 2.83 bits per heavy atom. The normalized spacial score (nSPS) is 19.6. The molecule has 1 saturated heterocycles. The number of aromatic nitrogens is 1. The predicted octanol–water partition coefficient (Wildman–Crippen LogP) is 2.09. The summed E-state index contributed by atoms with van der Waals surface area (Å²) in [5.74, 6) is 0. The zero-order valence-electron chi connectivity index (χ0n) is 15.8. The first kappa shape index (κ1) is 20.3. The van der Waals surface area contributed by atoms with Crippen molar-refractivity contribution in [1.82, 2.24) is 9.71 Å². The molecule has 0 radical (unpaired) electrons. The van der Waals surface area contributed by atoms with Gasteiger partial charge in [-0.05, 0) is 29.8 Å². The molecular formula is C21H23ClN3O3S+. The van der Waals surface area contributed by atoms with E-state index in [2.05, 4.69) is 15.0 Å². The van der Waals surface area contributed by atoms with Gasteiger partial charge in [-0.15, -0.1) is 0 Å². The van der Waals surface area contributed by atoms with Gasteiger partial charge in [-0.25, -0.2) is 13.1 Å². The van der Waals surface area contributed by atoms with Crippen molar-refractivity contribution >= 4 is 32.4 Å². The van der Waals surface area contributed by atoms with Gasteiger partial charge in [-0.3, -0.25) is 4.98 Å². The van der Waals surface area contributed by atoms with Gasteiger partial charge in [0.05, 0.1) is 18.0 Å². The van der Waals surface area contributed by atoms with Crippen LogP contribution in [0.25, 0.3) is 10.8 Å². The molecule has 1 aliphatic heterocycles. The van der Waals surface area contributed by atoms with Gasteiger partial charge in [0.15, 0.2) is 0 Å². The summed E-state index contributed by atoms with van der Waals surface area (Å²) in [5.41, 5.74) is 1.07. The molecule has 0 spiro atoms. The number of nitrogens with zero attached hydrogens (tertiary/aromatic N) is 1. The molecule has 2 heterocycles. The van der Waals surface area contributed by atoms with Gasteiger partial charge in [0.25, 0.3) is 0 Å². The molecule has 1 aliphatic rings. The maximum absolute atomic E-state index is 12.8. The minimum atomic E-state index is -3.60. The van der Waals surface area contributed by atoms with Crippen LogP contribution in [0.1, 0.15) is 12.0 Å². The van der Waals surface area contributed by atoms with E-state index in [-0.39, 0.29) is 17.0 Å². The quantitative estimate of drug-likeness (QED) is 0.598. The number of ether oxygens (including phenoxy) is 1. The standard InChI is InChI=1S/C21H22ClN3O3S/c22-17-6-4-15(5-7-17)14-28-19-10-18(24-13-19)12-25-29(26,27)21-3-1-2-16-11-23-9-8-20(16)21/h1-9,11,18-19,24-25H,10,12-14H2/p+1/t18-,19+/m0/s1. The molecule has 1 fully saturated rings. The highest BCUT2D eigenvalue weighted by Crippen LogP contribution is 2.22. The topological polar surface area (TPSA) is 84.9 Å². The molecule has 2 atom stereocenters. The second kappa shape index (κ2) is 8.77. The molecule has 8 heteroatoms. The third-order valence-electron chi connectivity index (χ3n) is 5.16. The third kappa shape index (κ3) is 4.94. The van der Waals surface area contributed by atoms with Crippen molar-refractivity contribution in [2.75, 3.05) is 13.1 Å². The first-order valence-corrected chi connectivity index (χ1v) is 11.4. The average Bonchev–Trinajstić information content (AvgIpc) is 3.19. The number of pyridine rings is 1. The van der Waals surface area contributed by atoms with Crippen molar-refractivity contribution in [1.29, 1.82) is 0 Å². The van der Waals surface area contributed by atoms with Gasteiger partial charge in [-0.1, -0.05) is 35.9 Å². The number of nitrogens with one attached hydrogen (secondary N) is 1. The Balaban J connectivity index is 1.32. The van der Waals surface area contributed by atoms with Gasteiger partial charge in [0.1, 0.15) is 18.7 Å². The Morgan fingerprint density at radius 2 is 2.00 bits per heavy atom. The molecule has 0 aliphatic carbocycles. The molecule has 152 valence electrons. The number of benzene rings is 2. The first-order chi connectivity index (χ1) is 14.0. The third-order valence-corrected chi connectivity index (χ3v) is 6.90. The Morgan fingerprint density at radius 1 is 1.17 bits per heavy atom. The summed E-state index contributed by atoms with van der Waals surface area (Å²) in [6, 6.07) is 14.7. The number of halogens is 1. The fourth-order valence-electron chi connectivity index (χ4n) is 3.59. The Kier molecular flexibility index (Phi) is 6.12. The molecule has 0 unspecified atom stereocenters. The van der Waals surface area contributed by atoms with Gasteiger partial charge >= 0.3 is 0 Å². The predicted molar refractivity (Wildman–Crippen MR) is 112 cm³/mol. The van der Waals surface area contributed by atoms with Crippen LogP contribution >= 0.6 is 11.6 Å². The lowest BCUT2D eigenvalue weighted by Gasteiger charge is -2.12. The number of rotatable bonds is 7. The van der Waals surface area contributed by atoms with E-state index in [0.29, 0.717) is 23.6 Å². The smallest absolute Gasteiger partial charge is 0.241 e. The van der Waals surface area contributed by atoms with Crippen molar-refractivity contribution in [2.45, 2.75) is 30.1 Å². The Hall–Kier alpha value is -2.03. The minimum absolute atomic E-state index is 0.101. The van der Waals surface area contributed by atoms with Crippen LogP contribution in [-0.4, -0.2) is 38.6 Å². The summed E-state index contributed by atoms with van der Waals surface area (Å²) < 4.78 is 34.4. The van der Waals surface area contributed by atoms with Crippen LogP contribution in [0.3, 0.4) is 0 Å². The van der Waals surface area contributed by atoms with Crippen LogP contribution < -0.4 is 10.0 Å².